The molecule has 0 aromatic carbocycles. The molecule has 17 heavy (non-hydrogen) atoms. The van der Waals surface area contributed by atoms with E-state index in [2.05, 4.69) is 29.0 Å². The van der Waals surface area contributed by atoms with Crippen LogP contribution in [0.3, 0.4) is 0 Å². The second-order valence-electron chi connectivity index (χ2n) is 4.18. The summed E-state index contributed by atoms with van der Waals surface area (Å²) >= 11 is 0. The standard InChI is InChI=1S/C13H24N4/c1-4-17(5-2)10-6-9-15-13-8-7-12(14)11(3)16-13/h7-8H,4-6,9-10,14H2,1-3H3,(H,15,16). The molecule has 1 aromatic rings. The Morgan fingerprint density at radius 1 is 1.29 bits per heavy atom. The molecule has 0 saturated carbocycles. The van der Waals surface area contributed by atoms with Crippen molar-refractivity contribution < 1.29 is 0 Å². The van der Waals surface area contributed by atoms with Gasteiger partial charge in [0.25, 0.3) is 0 Å². The van der Waals surface area contributed by atoms with E-state index in [-0.39, 0.29) is 0 Å². The van der Waals surface area contributed by atoms with E-state index in [1.54, 1.807) is 0 Å². The average molecular weight is 236 g/mol. The lowest BCUT2D eigenvalue weighted by Crippen LogP contribution is -2.25. The molecule has 1 aromatic heterocycles. The van der Waals surface area contributed by atoms with Crippen LogP contribution in [0.1, 0.15) is 26.0 Å². The van der Waals surface area contributed by atoms with Crippen molar-refractivity contribution in [1.82, 2.24) is 9.88 Å². The van der Waals surface area contributed by atoms with Crippen LogP contribution >= 0.6 is 0 Å². The van der Waals surface area contributed by atoms with Crippen molar-refractivity contribution in [2.45, 2.75) is 27.2 Å². The van der Waals surface area contributed by atoms with E-state index in [1.165, 1.54) is 0 Å². The van der Waals surface area contributed by atoms with Gasteiger partial charge in [-0.2, -0.15) is 0 Å². The Bertz CT molecular complexity index is 334. The van der Waals surface area contributed by atoms with Crippen LogP contribution in [-0.2, 0) is 0 Å². The van der Waals surface area contributed by atoms with Crippen LogP contribution in [-0.4, -0.2) is 36.1 Å². The summed E-state index contributed by atoms with van der Waals surface area (Å²) in [6.07, 6.45) is 1.13. The van der Waals surface area contributed by atoms with Gasteiger partial charge in [0.15, 0.2) is 0 Å². The predicted octanol–water partition coefficient (Wildman–Crippen LogP) is 2.12. The zero-order chi connectivity index (χ0) is 12.7. The quantitative estimate of drug-likeness (QED) is 0.712. The fourth-order valence-corrected chi connectivity index (χ4v) is 1.73. The lowest BCUT2D eigenvalue weighted by atomic mass is 10.3. The van der Waals surface area contributed by atoms with Gasteiger partial charge in [-0.05, 0) is 45.1 Å². The molecule has 0 saturated heterocycles. The predicted molar refractivity (Wildman–Crippen MR) is 74.3 cm³/mol. The molecule has 0 amide bonds. The molecular formula is C13H24N4. The molecule has 4 heteroatoms. The van der Waals surface area contributed by atoms with Crippen LogP contribution in [0.25, 0.3) is 0 Å². The third-order valence-electron chi connectivity index (χ3n) is 2.98. The van der Waals surface area contributed by atoms with E-state index in [9.17, 15) is 0 Å². The molecule has 0 aliphatic heterocycles. The highest BCUT2D eigenvalue weighted by Crippen LogP contribution is 2.11. The number of aryl methyl sites for hydroxylation is 1. The summed E-state index contributed by atoms with van der Waals surface area (Å²) in [5, 5.41) is 3.32. The summed E-state index contributed by atoms with van der Waals surface area (Å²) in [6, 6.07) is 3.83. The van der Waals surface area contributed by atoms with Crippen LogP contribution in [0.2, 0.25) is 0 Å². The Morgan fingerprint density at radius 2 is 2.00 bits per heavy atom. The van der Waals surface area contributed by atoms with Gasteiger partial charge in [-0.25, -0.2) is 4.98 Å². The van der Waals surface area contributed by atoms with Gasteiger partial charge in [-0.1, -0.05) is 13.8 Å². The van der Waals surface area contributed by atoms with Crippen molar-refractivity contribution in [3.63, 3.8) is 0 Å². The number of hydrogen-bond acceptors (Lipinski definition) is 4. The molecule has 0 aliphatic rings. The van der Waals surface area contributed by atoms with Gasteiger partial charge in [-0.3, -0.25) is 0 Å². The monoisotopic (exact) mass is 236 g/mol. The first-order chi connectivity index (χ1) is 8.17. The maximum Gasteiger partial charge on any atom is 0.126 e. The van der Waals surface area contributed by atoms with Crippen molar-refractivity contribution in [2.24, 2.45) is 0 Å². The molecule has 0 fully saturated rings. The lowest BCUT2D eigenvalue weighted by Gasteiger charge is -2.17. The summed E-state index contributed by atoms with van der Waals surface area (Å²) in [5.41, 5.74) is 7.36. The van der Waals surface area contributed by atoms with E-state index < -0.39 is 0 Å². The third kappa shape index (κ3) is 4.61. The summed E-state index contributed by atoms with van der Waals surface area (Å²) in [5.74, 6) is 0.913. The van der Waals surface area contributed by atoms with Crippen LogP contribution in [0.4, 0.5) is 11.5 Å². The summed E-state index contributed by atoms with van der Waals surface area (Å²) in [4.78, 5) is 6.80. The molecule has 4 nitrogen and oxygen atoms in total. The minimum absolute atomic E-state index is 0.749. The van der Waals surface area contributed by atoms with Gasteiger partial charge in [0.2, 0.25) is 0 Å². The molecule has 0 aliphatic carbocycles. The van der Waals surface area contributed by atoms with E-state index in [1.807, 2.05) is 19.1 Å². The number of nitrogens with one attached hydrogen (secondary N) is 1. The highest BCUT2D eigenvalue weighted by molar-refractivity contribution is 5.48. The van der Waals surface area contributed by atoms with Crippen molar-refractivity contribution >= 4 is 11.5 Å². The molecule has 3 N–H and O–H groups in total. The van der Waals surface area contributed by atoms with Crippen molar-refractivity contribution in [2.75, 3.05) is 37.2 Å². The Labute approximate surface area is 104 Å². The number of rotatable bonds is 7. The van der Waals surface area contributed by atoms with Crippen LogP contribution < -0.4 is 11.1 Å². The van der Waals surface area contributed by atoms with Gasteiger partial charge < -0.3 is 16.0 Å². The normalized spacial score (nSPS) is 10.8. The van der Waals surface area contributed by atoms with Crippen LogP contribution in [0.5, 0.6) is 0 Å². The highest BCUT2D eigenvalue weighted by atomic mass is 15.1. The fraction of sp³-hybridized carbons (Fsp3) is 0.615. The molecular weight excluding hydrogens is 212 g/mol. The van der Waals surface area contributed by atoms with Gasteiger partial charge in [0.1, 0.15) is 5.82 Å². The Balaban J connectivity index is 2.28. The Morgan fingerprint density at radius 3 is 2.59 bits per heavy atom. The lowest BCUT2D eigenvalue weighted by molar-refractivity contribution is 0.303. The molecule has 1 heterocycles. The SMILES string of the molecule is CCN(CC)CCCNc1ccc(N)c(C)n1. The Hall–Kier alpha value is -1.29. The molecule has 0 spiro atoms. The fourth-order valence-electron chi connectivity index (χ4n) is 1.73. The first kappa shape index (κ1) is 13.8. The van der Waals surface area contributed by atoms with E-state index >= 15 is 0 Å². The molecule has 0 bridgehead atoms. The van der Waals surface area contributed by atoms with Gasteiger partial charge in [0, 0.05) is 6.54 Å². The maximum absolute atomic E-state index is 5.72. The average Bonchev–Trinajstić information content (AvgIpc) is 2.34. The smallest absolute Gasteiger partial charge is 0.126 e. The first-order valence-electron chi connectivity index (χ1n) is 6.36. The number of hydrogen-bond donors (Lipinski definition) is 2. The Kier molecular flexibility index (Phi) is 5.77. The topological polar surface area (TPSA) is 54.2 Å². The zero-order valence-corrected chi connectivity index (χ0v) is 11.2. The number of anilines is 2. The summed E-state index contributed by atoms with van der Waals surface area (Å²) in [7, 11) is 0. The minimum atomic E-state index is 0.749. The van der Waals surface area contributed by atoms with Crippen molar-refractivity contribution in [3.8, 4) is 0 Å². The van der Waals surface area contributed by atoms with E-state index in [0.29, 0.717) is 0 Å². The molecule has 0 radical (unpaired) electrons. The zero-order valence-electron chi connectivity index (χ0n) is 11.2. The van der Waals surface area contributed by atoms with Gasteiger partial charge >= 0.3 is 0 Å². The number of nitrogens with two attached hydrogens (primary N) is 1. The number of pyridine rings is 1. The second-order valence-corrected chi connectivity index (χ2v) is 4.18. The molecule has 1 rings (SSSR count). The maximum atomic E-state index is 5.72. The molecule has 96 valence electrons. The van der Waals surface area contributed by atoms with E-state index in [4.69, 9.17) is 5.73 Å². The van der Waals surface area contributed by atoms with Crippen molar-refractivity contribution in [3.05, 3.63) is 17.8 Å². The minimum Gasteiger partial charge on any atom is -0.397 e. The van der Waals surface area contributed by atoms with Crippen LogP contribution in [0, 0.1) is 6.92 Å². The summed E-state index contributed by atoms with van der Waals surface area (Å²) < 4.78 is 0. The highest BCUT2D eigenvalue weighted by Gasteiger charge is 2.00. The largest absolute Gasteiger partial charge is 0.397 e. The molecule has 0 unspecified atom stereocenters. The number of nitrogens with zero attached hydrogens (tertiary/aromatic N) is 2. The number of nitrogen functional groups attached to an aromatic ring is 1. The third-order valence-corrected chi connectivity index (χ3v) is 2.98. The van der Waals surface area contributed by atoms with Crippen LogP contribution in [0.15, 0.2) is 12.1 Å². The second kappa shape index (κ2) is 7.12. The summed E-state index contributed by atoms with van der Waals surface area (Å²) in [6.45, 7) is 10.6. The number of aromatic nitrogens is 1. The first-order valence-corrected chi connectivity index (χ1v) is 6.36. The van der Waals surface area contributed by atoms with Crippen molar-refractivity contribution in [1.29, 1.82) is 0 Å². The van der Waals surface area contributed by atoms with E-state index in [0.717, 1.165) is 49.8 Å². The molecule has 0 atom stereocenters. The van der Waals surface area contributed by atoms with Gasteiger partial charge in [-0.15, -0.1) is 0 Å². The van der Waals surface area contributed by atoms with Gasteiger partial charge in [0.05, 0.1) is 11.4 Å².